The third-order valence-electron chi connectivity index (χ3n) is 11.1. The molecular weight excluding hydrogens is 675 g/mol. The van der Waals surface area contributed by atoms with Crippen molar-refractivity contribution in [2.75, 3.05) is 4.90 Å². The molecule has 11 rings (SSSR count). The van der Waals surface area contributed by atoms with Gasteiger partial charge in [0.15, 0.2) is 0 Å². The predicted octanol–water partition coefficient (Wildman–Crippen LogP) is 12.3. The van der Waals surface area contributed by atoms with Crippen LogP contribution >= 0.6 is 11.3 Å². The molecule has 3 heterocycles. The van der Waals surface area contributed by atoms with Crippen LogP contribution in [0.5, 0.6) is 0 Å². The van der Waals surface area contributed by atoms with Crippen LogP contribution in [0.3, 0.4) is 0 Å². The molecule has 0 saturated carbocycles. The molecule has 3 aromatic heterocycles. The largest absolute Gasteiger partial charge is 0.340 e. The standard InChI is InChI=1S/C50H35N3S/c1-4-10-38(11-5-1)51-29-27-44-43-21-16-34(30-36(43)18-25-48(44)51)35-17-24-47-37(31-35)26-28-52(47)41-19-22-45-46-23-20-42(33-50(46)54-49(45)32-41)53(39-12-6-2-7-13-39)40-14-8-3-9-15-40/h1-18,20-33,41H,19H2. The fraction of sp³-hybridized carbons (Fsp3) is 0.0400. The summed E-state index contributed by atoms with van der Waals surface area (Å²) in [4.78, 5) is 2.34. The maximum absolute atomic E-state index is 2.48. The van der Waals surface area contributed by atoms with Gasteiger partial charge in [-0.05, 0) is 125 Å². The lowest BCUT2D eigenvalue weighted by molar-refractivity contribution is 0.675. The van der Waals surface area contributed by atoms with Gasteiger partial charge >= 0.3 is 0 Å². The number of hydrogen-bond donors (Lipinski definition) is 0. The van der Waals surface area contributed by atoms with E-state index in [9.17, 15) is 0 Å². The Labute approximate surface area is 317 Å². The van der Waals surface area contributed by atoms with Crippen molar-refractivity contribution in [2.24, 2.45) is 0 Å². The summed E-state index contributed by atoms with van der Waals surface area (Å²) in [6, 6.07) is 61.9. The van der Waals surface area contributed by atoms with E-state index in [1.165, 1.54) is 74.9 Å². The summed E-state index contributed by atoms with van der Waals surface area (Å²) in [5.74, 6) is 0. The van der Waals surface area contributed by atoms with Gasteiger partial charge in [0.1, 0.15) is 0 Å². The highest BCUT2D eigenvalue weighted by molar-refractivity contribution is 7.17. The lowest BCUT2D eigenvalue weighted by Crippen LogP contribution is -2.25. The van der Waals surface area contributed by atoms with Crippen molar-refractivity contribution >= 4 is 83.2 Å². The number of rotatable bonds is 6. The summed E-state index contributed by atoms with van der Waals surface area (Å²) >= 11 is 1.90. The van der Waals surface area contributed by atoms with Crippen LogP contribution in [-0.4, -0.2) is 9.13 Å². The van der Waals surface area contributed by atoms with E-state index >= 15 is 0 Å². The number of para-hydroxylation sites is 3. The summed E-state index contributed by atoms with van der Waals surface area (Å²) in [6.45, 7) is 0. The van der Waals surface area contributed by atoms with Crippen molar-refractivity contribution in [2.45, 2.75) is 12.5 Å². The molecule has 54 heavy (non-hydrogen) atoms. The zero-order valence-corrected chi connectivity index (χ0v) is 30.3. The van der Waals surface area contributed by atoms with E-state index in [1.807, 2.05) is 11.3 Å². The Balaban J connectivity index is 0.912. The molecule has 7 aromatic carbocycles. The van der Waals surface area contributed by atoms with Crippen molar-refractivity contribution < 1.29 is 0 Å². The van der Waals surface area contributed by atoms with Crippen LogP contribution in [0.2, 0.25) is 0 Å². The second kappa shape index (κ2) is 12.5. The topological polar surface area (TPSA) is 13.1 Å². The fourth-order valence-corrected chi connectivity index (χ4v) is 9.69. The first-order valence-electron chi connectivity index (χ1n) is 18.6. The van der Waals surface area contributed by atoms with Crippen LogP contribution in [0.4, 0.5) is 17.1 Å². The molecule has 0 saturated heterocycles. The van der Waals surface area contributed by atoms with E-state index in [0.717, 1.165) is 17.8 Å². The molecule has 1 aliphatic rings. The first-order chi connectivity index (χ1) is 26.7. The van der Waals surface area contributed by atoms with Crippen molar-refractivity contribution in [3.8, 4) is 16.8 Å². The molecule has 4 heteroatoms. The average Bonchev–Trinajstić information content (AvgIpc) is 3.96. The maximum atomic E-state index is 2.48. The fourth-order valence-electron chi connectivity index (χ4n) is 8.46. The van der Waals surface area contributed by atoms with Gasteiger partial charge in [0.25, 0.3) is 0 Å². The summed E-state index contributed by atoms with van der Waals surface area (Å²) in [5, 5.41) is 7.79. The predicted molar refractivity (Wildman–Crippen MR) is 230 cm³/mol. The molecule has 256 valence electrons. The van der Waals surface area contributed by atoms with Gasteiger partial charge in [-0.1, -0.05) is 91.0 Å². The highest BCUT2D eigenvalue weighted by Gasteiger charge is 2.18. The smallest absolute Gasteiger partial charge is 0.0568 e. The number of hydrogen-bond acceptors (Lipinski definition) is 2. The number of nitrogens with zero attached hydrogens (tertiary/aromatic N) is 3. The summed E-state index contributed by atoms with van der Waals surface area (Å²) < 4.78 is 7.39. The van der Waals surface area contributed by atoms with E-state index < -0.39 is 0 Å². The van der Waals surface area contributed by atoms with Gasteiger partial charge in [-0.3, -0.25) is 0 Å². The summed E-state index contributed by atoms with van der Waals surface area (Å²) in [7, 11) is 0. The SMILES string of the molecule is C1=c2sc3cc(N(c4ccccc4)c4ccccc4)ccc3c2=CCC1n1ccc2cc(-c3ccc4c(ccc5c4ccn5-c4ccccc4)c3)ccc21. The third-order valence-corrected chi connectivity index (χ3v) is 12.2. The Hall–Kier alpha value is -6.62. The number of anilines is 3. The minimum atomic E-state index is 0.268. The molecule has 0 amide bonds. The first-order valence-corrected chi connectivity index (χ1v) is 19.4. The van der Waals surface area contributed by atoms with E-state index in [1.54, 1.807) is 0 Å². The van der Waals surface area contributed by atoms with Crippen LogP contribution < -0.4 is 14.7 Å². The lowest BCUT2D eigenvalue weighted by Gasteiger charge is -2.25. The van der Waals surface area contributed by atoms with E-state index in [-0.39, 0.29) is 6.04 Å². The minimum absolute atomic E-state index is 0.268. The molecule has 0 aliphatic heterocycles. The average molecular weight is 710 g/mol. The molecule has 0 bridgehead atoms. The Morgan fingerprint density at radius 3 is 1.98 bits per heavy atom. The monoisotopic (exact) mass is 709 g/mol. The van der Waals surface area contributed by atoms with Crippen LogP contribution in [0.1, 0.15) is 12.5 Å². The van der Waals surface area contributed by atoms with Crippen molar-refractivity contribution in [1.82, 2.24) is 9.13 Å². The zero-order valence-electron chi connectivity index (χ0n) is 29.5. The lowest BCUT2D eigenvalue weighted by atomic mass is 9.98. The Morgan fingerprint density at radius 1 is 0.519 bits per heavy atom. The van der Waals surface area contributed by atoms with Gasteiger partial charge in [-0.25, -0.2) is 0 Å². The quantitative estimate of drug-likeness (QED) is 0.168. The molecule has 1 unspecified atom stereocenters. The number of aromatic nitrogens is 2. The number of fused-ring (bicyclic) bond motifs is 7. The van der Waals surface area contributed by atoms with Crippen LogP contribution in [-0.2, 0) is 0 Å². The van der Waals surface area contributed by atoms with Crippen molar-refractivity contribution in [3.05, 3.63) is 192 Å². The maximum Gasteiger partial charge on any atom is 0.0568 e. The van der Waals surface area contributed by atoms with Gasteiger partial charge in [0.05, 0.1) is 11.6 Å². The summed E-state index contributed by atoms with van der Waals surface area (Å²) in [5.41, 5.74) is 9.64. The van der Waals surface area contributed by atoms with Crippen LogP contribution in [0.15, 0.2) is 182 Å². The molecule has 0 fully saturated rings. The highest BCUT2D eigenvalue weighted by atomic mass is 32.1. The zero-order chi connectivity index (χ0) is 35.6. The van der Waals surface area contributed by atoms with Gasteiger partial charge in [-0.15, -0.1) is 11.3 Å². The van der Waals surface area contributed by atoms with Gasteiger partial charge in [0, 0.05) is 66.1 Å². The minimum Gasteiger partial charge on any atom is -0.340 e. The second-order valence-corrected chi connectivity index (χ2v) is 15.3. The molecule has 0 spiro atoms. The van der Waals surface area contributed by atoms with E-state index in [2.05, 4.69) is 208 Å². The van der Waals surface area contributed by atoms with Crippen LogP contribution in [0, 0.1) is 0 Å². The Morgan fingerprint density at radius 2 is 1.20 bits per heavy atom. The second-order valence-electron chi connectivity index (χ2n) is 14.2. The molecule has 0 N–H and O–H groups in total. The van der Waals surface area contributed by atoms with E-state index in [0.29, 0.717) is 0 Å². The molecular formula is C50H35N3S. The van der Waals surface area contributed by atoms with E-state index in [4.69, 9.17) is 0 Å². The molecule has 1 aliphatic carbocycles. The van der Waals surface area contributed by atoms with Crippen LogP contribution in [0.25, 0.3) is 71.6 Å². The molecule has 0 radical (unpaired) electrons. The summed E-state index contributed by atoms with van der Waals surface area (Å²) in [6.07, 6.45) is 10.3. The van der Waals surface area contributed by atoms with Crippen molar-refractivity contribution in [3.63, 3.8) is 0 Å². The molecule has 1 atom stereocenters. The Kier molecular flexibility index (Phi) is 7.17. The van der Waals surface area contributed by atoms with Gasteiger partial charge < -0.3 is 14.0 Å². The van der Waals surface area contributed by atoms with Crippen molar-refractivity contribution in [1.29, 1.82) is 0 Å². The molecule has 10 aromatic rings. The first kappa shape index (κ1) is 31.0. The third kappa shape index (κ3) is 5.10. The Bertz CT molecular complexity index is 3100. The highest BCUT2D eigenvalue weighted by Crippen LogP contribution is 2.37. The normalized spacial score (nSPS) is 14.0. The van der Waals surface area contributed by atoms with Gasteiger partial charge in [0.2, 0.25) is 0 Å². The number of benzene rings is 7. The van der Waals surface area contributed by atoms with Gasteiger partial charge in [-0.2, -0.15) is 0 Å². The number of thiophene rings is 1. The molecule has 3 nitrogen and oxygen atoms in total.